The predicted octanol–water partition coefficient (Wildman–Crippen LogP) is 3.37. The zero-order valence-electron chi connectivity index (χ0n) is 11.1. The molecular weight excluding hydrogens is 314 g/mol. The number of hydrogen-bond acceptors (Lipinski definition) is 3. The van der Waals surface area contributed by atoms with E-state index in [4.69, 9.17) is 4.43 Å². The van der Waals surface area contributed by atoms with E-state index in [-0.39, 0.29) is 11.5 Å². The third kappa shape index (κ3) is 4.10. The zero-order valence-corrected chi connectivity index (χ0v) is 13.8. The normalized spacial score (nSPS) is 11.7. The van der Waals surface area contributed by atoms with Crippen LogP contribution in [0.15, 0.2) is 22.7 Å². The molecule has 0 atom stereocenters. The summed E-state index contributed by atoms with van der Waals surface area (Å²) in [4.78, 5) is 10.4. The molecule has 0 aromatic heterocycles. The largest absolute Gasteiger partial charge is 0.547 e. The third-order valence-corrected chi connectivity index (χ3v) is 3.97. The molecule has 0 unspecified atom stereocenters. The Labute approximate surface area is 117 Å². The van der Waals surface area contributed by atoms with E-state index < -0.39 is 14.5 Å². The second-order valence-corrected chi connectivity index (χ2v) is 8.37. The van der Waals surface area contributed by atoms with Gasteiger partial charge in [0, 0.05) is 9.40 Å². The van der Waals surface area contributed by atoms with E-state index in [1.54, 1.807) is 0 Å². The minimum Gasteiger partial charge on any atom is -0.547 e. The molecule has 0 fully saturated rings. The average molecular weight is 332 g/mol. The molecule has 0 aliphatic heterocycles. The van der Waals surface area contributed by atoms with Crippen LogP contribution in [0.25, 0.3) is 0 Å². The fraction of sp³-hybridized carbons (Fsp3) is 0.500. The SMILES string of the molecule is C[SiH](C)Oc1ccc(C(C)(C)C[N+](=O)[O-])c(Br)c1. The average Bonchev–Trinajstić information content (AvgIpc) is 2.13. The molecule has 0 radical (unpaired) electrons. The molecule has 100 valence electrons. The van der Waals surface area contributed by atoms with E-state index in [0.717, 1.165) is 15.8 Å². The van der Waals surface area contributed by atoms with Gasteiger partial charge in [-0.3, -0.25) is 10.1 Å². The van der Waals surface area contributed by atoms with Crippen LogP contribution in [-0.4, -0.2) is 20.5 Å². The van der Waals surface area contributed by atoms with Gasteiger partial charge in [0.1, 0.15) is 5.75 Å². The molecule has 1 aromatic carbocycles. The van der Waals surface area contributed by atoms with Crippen molar-refractivity contribution in [1.82, 2.24) is 0 Å². The first-order valence-electron chi connectivity index (χ1n) is 5.81. The van der Waals surface area contributed by atoms with Crippen LogP contribution in [0.2, 0.25) is 13.1 Å². The van der Waals surface area contributed by atoms with Crippen LogP contribution >= 0.6 is 15.9 Å². The topological polar surface area (TPSA) is 52.4 Å². The van der Waals surface area contributed by atoms with Gasteiger partial charge in [0.15, 0.2) is 0 Å². The van der Waals surface area contributed by atoms with Crippen molar-refractivity contribution >= 4 is 25.0 Å². The first-order valence-corrected chi connectivity index (χ1v) is 9.38. The molecule has 0 saturated heterocycles. The van der Waals surface area contributed by atoms with Crippen LogP contribution in [0, 0.1) is 10.1 Å². The van der Waals surface area contributed by atoms with E-state index >= 15 is 0 Å². The molecule has 4 nitrogen and oxygen atoms in total. The molecular formula is C12H18BrNO3Si. The van der Waals surface area contributed by atoms with Crippen LogP contribution in [0.1, 0.15) is 19.4 Å². The molecule has 0 aliphatic carbocycles. The summed E-state index contributed by atoms with van der Waals surface area (Å²) < 4.78 is 6.58. The molecule has 18 heavy (non-hydrogen) atoms. The van der Waals surface area contributed by atoms with E-state index in [0.29, 0.717) is 0 Å². The van der Waals surface area contributed by atoms with Crippen LogP contribution in [-0.2, 0) is 5.41 Å². The Morgan fingerprint density at radius 1 is 1.44 bits per heavy atom. The number of rotatable bonds is 5. The van der Waals surface area contributed by atoms with Crippen LogP contribution in [0.4, 0.5) is 0 Å². The van der Waals surface area contributed by atoms with Gasteiger partial charge in [-0.1, -0.05) is 22.0 Å². The molecule has 0 spiro atoms. The lowest BCUT2D eigenvalue weighted by Crippen LogP contribution is -2.28. The summed E-state index contributed by atoms with van der Waals surface area (Å²) in [7, 11) is -1.13. The predicted molar refractivity (Wildman–Crippen MR) is 78.5 cm³/mol. The van der Waals surface area contributed by atoms with Gasteiger partial charge < -0.3 is 4.43 Å². The van der Waals surface area contributed by atoms with Gasteiger partial charge >= 0.3 is 0 Å². The highest BCUT2D eigenvalue weighted by Crippen LogP contribution is 2.33. The van der Waals surface area contributed by atoms with Gasteiger partial charge in [0.05, 0.1) is 5.41 Å². The summed E-state index contributed by atoms with van der Waals surface area (Å²) >= 11 is 3.48. The van der Waals surface area contributed by atoms with Gasteiger partial charge in [-0.2, -0.15) is 0 Å². The van der Waals surface area contributed by atoms with Crippen LogP contribution in [0.3, 0.4) is 0 Å². The summed E-state index contributed by atoms with van der Waals surface area (Å²) in [5.41, 5.74) is 0.424. The highest BCUT2D eigenvalue weighted by molar-refractivity contribution is 9.10. The van der Waals surface area contributed by atoms with Gasteiger partial charge in [-0.05, 0) is 44.6 Å². The Kier molecular flexibility index (Phi) is 4.92. The second kappa shape index (κ2) is 5.84. The summed E-state index contributed by atoms with van der Waals surface area (Å²) in [6, 6.07) is 5.68. The van der Waals surface area contributed by atoms with Crippen LogP contribution in [0.5, 0.6) is 5.75 Å². The second-order valence-electron chi connectivity index (χ2n) is 5.18. The molecule has 0 N–H and O–H groups in total. The number of halogens is 1. The number of benzene rings is 1. The minimum absolute atomic E-state index is 0.0925. The van der Waals surface area contributed by atoms with Gasteiger partial charge in [-0.15, -0.1) is 0 Å². The maximum atomic E-state index is 10.7. The standard InChI is InChI=1S/C12H18BrNO3Si/c1-12(2,8-14(15)16)10-6-5-9(7-11(10)13)17-18(3)4/h5-7,18H,8H2,1-4H3. The Morgan fingerprint density at radius 2 is 2.06 bits per heavy atom. The van der Waals surface area contributed by atoms with Crippen molar-refractivity contribution in [3.63, 3.8) is 0 Å². The summed E-state index contributed by atoms with van der Waals surface area (Å²) in [5, 5.41) is 10.7. The van der Waals surface area contributed by atoms with Crippen molar-refractivity contribution in [3.05, 3.63) is 38.3 Å². The highest BCUT2D eigenvalue weighted by atomic mass is 79.9. The summed E-state index contributed by atoms with van der Waals surface area (Å²) in [6.45, 7) is 7.84. The summed E-state index contributed by atoms with van der Waals surface area (Å²) in [6.07, 6.45) is 0. The fourth-order valence-corrected chi connectivity index (χ4v) is 3.38. The molecule has 1 aromatic rings. The quantitative estimate of drug-likeness (QED) is 0.472. The van der Waals surface area contributed by atoms with Gasteiger partial charge in [-0.25, -0.2) is 0 Å². The van der Waals surface area contributed by atoms with Crippen molar-refractivity contribution in [2.75, 3.05) is 6.54 Å². The lowest BCUT2D eigenvalue weighted by molar-refractivity contribution is -0.489. The Hall–Kier alpha value is -0.883. The fourth-order valence-electron chi connectivity index (χ4n) is 1.80. The van der Waals surface area contributed by atoms with E-state index in [9.17, 15) is 10.1 Å². The third-order valence-electron chi connectivity index (χ3n) is 2.57. The van der Waals surface area contributed by atoms with Crippen molar-refractivity contribution in [1.29, 1.82) is 0 Å². The lowest BCUT2D eigenvalue weighted by Gasteiger charge is -2.22. The molecule has 0 saturated carbocycles. The Bertz CT molecular complexity index is 449. The summed E-state index contributed by atoms with van der Waals surface area (Å²) in [5.74, 6) is 0.823. The van der Waals surface area contributed by atoms with Crippen molar-refractivity contribution < 1.29 is 9.35 Å². The molecule has 0 bridgehead atoms. The molecule has 0 amide bonds. The van der Waals surface area contributed by atoms with E-state index in [1.807, 2.05) is 32.0 Å². The molecule has 1 rings (SSSR count). The number of hydrogen-bond donors (Lipinski definition) is 0. The highest BCUT2D eigenvalue weighted by Gasteiger charge is 2.29. The van der Waals surface area contributed by atoms with E-state index in [1.165, 1.54) is 0 Å². The van der Waals surface area contributed by atoms with Crippen molar-refractivity contribution in [3.8, 4) is 5.75 Å². The smallest absolute Gasteiger partial charge is 0.229 e. The number of nitrogens with zero attached hydrogens (tertiary/aromatic N) is 1. The van der Waals surface area contributed by atoms with E-state index in [2.05, 4.69) is 29.0 Å². The maximum Gasteiger partial charge on any atom is 0.229 e. The zero-order chi connectivity index (χ0) is 13.9. The van der Waals surface area contributed by atoms with Gasteiger partial charge in [0.2, 0.25) is 15.6 Å². The molecule has 0 aliphatic rings. The minimum atomic E-state index is -1.13. The Morgan fingerprint density at radius 3 is 2.50 bits per heavy atom. The van der Waals surface area contributed by atoms with Gasteiger partial charge in [0.25, 0.3) is 0 Å². The van der Waals surface area contributed by atoms with Crippen LogP contribution < -0.4 is 4.43 Å². The molecule has 6 heteroatoms. The lowest BCUT2D eigenvalue weighted by atomic mass is 9.85. The first kappa shape index (κ1) is 15.2. The monoisotopic (exact) mass is 331 g/mol. The maximum absolute atomic E-state index is 10.7. The molecule has 0 heterocycles. The van der Waals surface area contributed by atoms with Crippen molar-refractivity contribution in [2.24, 2.45) is 0 Å². The Balaban J connectivity index is 3.01. The van der Waals surface area contributed by atoms with Crippen molar-refractivity contribution in [2.45, 2.75) is 32.4 Å². The first-order chi connectivity index (χ1) is 8.22. The number of nitro groups is 1.